The Morgan fingerprint density at radius 3 is 2.62 bits per heavy atom. The third-order valence-corrected chi connectivity index (χ3v) is 3.29. The Bertz CT molecular complexity index is 680. The molecule has 21 heavy (non-hydrogen) atoms. The van der Waals surface area contributed by atoms with Gasteiger partial charge in [-0.3, -0.25) is 0 Å². The minimum Gasteiger partial charge on any atom is -0.494 e. The Kier molecular flexibility index (Phi) is 4.43. The number of rotatable bonds is 3. The van der Waals surface area contributed by atoms with Gasteiger partial charge in [-0.15, -0.1) is 0 Å². The zero-order chi connectivity index (χ0) is 15.6. The van der Waals surface area contributed by atoms with Crippen molar-refractivity contribution >= 4 is 17.6 Å². The Balaban J connectivity index is 2.60. The van der Waals surface area contributed by atoms with E-state index in [9.17, 15) is 9.18 Å². The second-order valence-electron chi connectivity index (χ2n) is 4.30. The fraction of sp³-hybridized carbons (Fsp3) is 0.200. The molecule has 0 unspecified atom stereocenters. The van der Waals surface area contributed by atoms with E-state index in [1.165, 1.54) is 20.3 Å². The number of hydrogen-bond donors (Lipinski definition) is 0. The molecule has 0 aliphatic carbocycles. The molecule has 2 rings (SSSR count). The molecule has 0 radical (unpaired) electrons. The van der Waals surface area contributed by atoms with Gasteiger partial charge in [-0.05, 0) is 30.7 Å². The zero-order valence-corrected chi connectivity index (χ0v) is 12.5. The monoisotopic (exact) mass is 309 g/mol. The molecule has 1 aromatic heterocycles. The van der Waals surface area contributed by atoms with Gasteiger partial charge in [0.2, 0.25) is 0 Å². The summed E-state index contributed by atoms with van der Waals surface area (Å²) in [6.45, 7) is 1.68. The third kappa shape index (κ3) is 2.83. The minimum absolute atomic E-state index is 0.0286. The van der Waals surface area contributed by atoms with Crippen molar-refractivity contribution in [3.63, 3.8) is 0 Å². The number of benzene rings is 1. The molecule has 0 fully saturated rings. The first-order valence-corrected chi connectivity index (χ1v) is 6.45. The predicted molar refractivity (Wildman–Crippen MR) is 77.3 cm³/mol. The van der Waals surface area contributed by atoms with Crippen molar-refractivity contribution in [2.75, 3.05) is 14.2 Å². The van der Waals surface area contributed by atoms with Crippen molar-refractivity contribution in [1.82, 2.24) is 4.98 Å². The van der Waals surface area contributed by atoms with Crippen molar-refractivity contribution in [1.29, 1.82) is 0 Å². The van der Waals surface area contributed by atoms with Crippen LogP contribution in [0.15, 0.2) is 24.3 Å². The summed E-state index contributed by atoms with van der Waals surface area (Å²) in [6.07, 6.45) is 0. The molecule has 0 saturated heterocycles. The topological polar surface area (TPSA) is 48.4 Å². The maximum Gasteiger partial charge on any atom is 0.341 e. The smallest absolute Gasteiger partial charge is 0.341 e. The SMILES string of the molecule is COC(=O)c1c(C)cc(-c2cccc(OC)c2F)nc1Cl. The van der Waals surface area contributed by atoms with E-state index in [0.29, 0.717) is 11.3 Å². The summed E-state index contributed by atoms with van der Waals surface area (Å²) >= 11 is 6.02. The van der Waals surface area contributed by atoms with Crippen LogP contribution < -0.4 is 4.74 Å². The fourth-order valence-corrected chi connectivity index (χ4v) is 2.30. The summed E-state index contributed by atoms with van der Waals surface area (Å²) in [5.41, 5.74) is 1.29. The van der Waals surface area contributed by atoms with Gasteiger partial charge in [0.05, 0.1) is 25.5 Å². The van der Waals surface area contributed by atoms with E-state index >= 15 is 0 Å². The lowest BCUT2D eigenvalue weighted by Crippen LogP contribution is -2.07. The van der Waals surface area contributed by atoms with Gasteiger partial charge in [0.15, 0.2) is 11.6 Å². The summed E-state index contributed by atoms with van der Waals surface area (Å²) in [4.78, 5) is 15.7. The lowest BCUT2D eigenvalue weighted by molar-refractivity contribution is 0.0599. The van der Waals surface area contributed by atoms with Crippen LogP contribution in [-0.2, 0) is 4.74 Å². The van der Waals surface area contributed by atoms with Crippen LogP contribution in [0.1, 0.15) is 15.9 Å². The van der Waals surface area contributed by atoms with Crippen LogP contribution in [0, 0.1) is 12.7 Å². The summed E-state index contributed by atoms with van der Waals surface area (Å²) in [5, 5.41) is -0.0286. The van der Waals surface area contributed by atoms with Gasteiger partial charge in [0.1, 0.15) is 5.15 Å². The van der Waals surface area contributed by atoms with Gasteiger partial charge in [-0.25, -0.2) is 14.2 Å². The molecule has 0 amide bonds. The first-order chi connectivity index (χ1) is 9.99. The molecule has 0 N–H and O–H groups in total. The maximum absolute atomic E-state index is 14.2. The molecule has 0 saturated carbocycles. The zero-order valence-electron chi connectivity index (χ0n) is 11.7. The van der Waals surface area contributed by atoms with Gasteiger partial charge < -0.3 is 9.47 Å². The second-order valence-corrected chi connectivity index (χ2v) is 4.66. The van der Waals surface area contributed by atoms with Crippen LogP contribution in [0.5, 0.6) is 5.75 Å². The lowest BCUT2D eigenvalue weighted by Gasteiger charge is -2.11. The molecule has 110 valence electrons. The molecular weight excluding hydrogens is 297 g/mol. The molecule has 1 heterocycles. The first kappa shape index (κ1) is 15.3. The Morgan fingerprint density at radius 2 is 2.05 bits per heavy atom. The van der Waals surface area contributed by atoms with Gasteiger partial charge in [-0.2, -0.15) is 0 Å². The molecule has 0 aliphatic heterocycles. The lowest BCUT2D eigenvalue weighted by atomic mass is 10.1. The van der Waals surface area contributed by atoms with E-state index in [1.54, 1.807) is 25.1 Å². The van der Waals surface area contributed by atoms with Gasteiger partial charge in [0, 0.05) is 5.56 Å². The third-order valence-electron chi connectivity index (χ3n) is 3.02. The molecular formula is C15H13ClFNO3. The molecule has 0 bridgehead atoms. The average molecular weight is 310 g/mol. The predicted octanol–water partition coefficient (Wildman–Crippen LogP) is 3.64. The minimum atomic E-state index is -0.581. The number of hydrogen-bond acceptors (Lipinski definition) is 4. The molecule has 0 spiro atoms. The Morgan fingerprint density at radius 1 is 1.33 bits per heavy atom. The van der Waals surface area contributed by atoms with E-state index in [-0.39, 0.29) is 22.0 Å². The number of ether oxygens (including phenoxy) is 2. The number of nitrogens with zero attached hydrogens (tertiary/aromatic N) is 1. The summed E-state index contributed by atoms with van der Waals surface area (Å²) in [6, 6.07) is 6.30. The highest BCUT2D eigenvalue weighted by Crippen LogP contribution is 2.31. The molecule has 0 atom stereocenters. The van der Waals surface area contributed by atoms with Crippen LogP contribution in [0.4, 0.5) is 4.39 Å². The van der Waals surface area contributed by atoms with E-state index in [1.807, 2.05) is 0 Å². The van der Waals surface area contributed by atoms with Gasteiger partial charge in [-0.1, -0.05) is 17.7 Å². The van der Waals surface area contributed by atoms with Crippen molar-refractivity contribution in [3.8, 4) is 17.0 Å². The summed E-state index contributed by atoms with van der Waals surface area (Å²) < 4.78 is 23.8. The van der Waals surface area contributed by atoms with E-state index < -0.39 is 11.8 Å². The second kappa shape index (κ2) is 6.10. The highest BCUT2D eigenvalue weighted by Gasteiger charge is 2.19. The Hall–Kier alpha value is -2.14. The average Bonchev–Trinajstić information content (AvgIpc) is 2.46. The number of pyridine rings is 1. The van der Waals surface area contributed by atoms with Gasteiger partial charge >= 0.3 is 5.97 Å². The largest absolute Gasteiger partial charge is 0.494 e. The molecule has 4 nitrogen and oxygen atoms in total. The van der Waals surface area contributed by atoms with Crippen molar-refractivity contribution in [2.45, 2.75) is 6.92 Å². The van der Waals surface area contributed by atoms with Crippen LogP contribution in [0.3, 0.4) is 0 Å². The number of methoxy groups -OCH3 is 2. The summed E-state index contributed by atoms with van der Waals surface area (Å²) in [7, 11) is 2.64. The standard InChI is InChI=1S/C15H13ClFNO3/c1-8-7-10(18-14(16)12(8)15(19)21-3)9-5-4-6-11(20-2)13(9)17/h4-7H,1-3H3. The van der Waals surface area contributed by atoms with Crippen LogP contribution >= 0.6 is 11.6 Å². The van der Waals surface area contributed by atoms with E-state index in [4.69, 9.17) is 16.3 Å². The van der Waals surface area contributed by atoms with E-state index in [2.05, 4.69) is 9.72 Å². The fourth-order valence-electron chi connectivity index (χ4n) is 1.99. The Labute approximate surface area is 126 Å². The number of aromatic nitrogens is 1. The highest BCUT2D eigenvalue weighted by atomic mass is 35.5. The van der Waals surface area contributed by atoms with Crippen molar-refractivity contribution < 1.29 is 18.7 Å². The number of halogens is 2. The van der Waals surface area contributed by atoms with Crippen LogP contribution in [0.25, 0.3) is 11.3 Å². The highest BCUT2D eigenvalue weighted by molar-refractivity contribution is 6.32. The van der Waals surface area contributed by atoms with Crippen molar-refractivity contribution in [3.05, 3.63) is 46.4 Å². The quantitative estimate of drug-likeness (QED) is 0.641. The van der Waals surface area contributed by atoms with Crippen LogP contribution in [0.2, 0.25) is 5.15 Å². The molecule has 6 heteroatoms. The first-order valence-electron chi connectivity index (χ1n) is 6.08. The normalized spacial score (nSPS) is 10.3. The molecule has 1 aromatic carbocycles. The number of aryl methyl sites for hydroxylation is 1. The molecule has 0 aliphatic rings. The number of carbonyl (C=O) groups is 1. The molecule has 2 aromatic rings. The maximum atomic E-state index is 14.2. The summed E-state index contributed by atoms with van der Waals surface area (Å²) in [5.74, 6) is -1.00. The van der Waals surface area contributed by atoms with Gasteiger partial charge in [0.25, 0.3) is 0 Å². The number of carbonyl (C=O) groups excluding carboxylic acids is 1. The van der Waals surface area contributed by atoms with Crippen LogP contribution in [-0.4, -0.2) is 25.2 Å². The van der Waals surface area contributed by atoms with E-state index in [0.717, 1.165) is 0 Å². The number of esters is 1. The van der Waals surface area contributed by atoms with Crippen molar-refractivity contribution in [2.24, 2.45) is 0 Å².